The number of carbonyl (C=O) groups excluding carboxylic acids is 1. The number of hydrogen-bond acceptors (Lipinski definition) is 4. The number of carboxylic acid groups (broad SMARTS) is 1. The zero-order valence-electron chi connectivity index (χ0n) is 10.5. The second-order valence-electron chi connectivity index (χ2n) is 4.31. The average Bonchev–Trinajstić information content (AvgIpc) is 2.71. The molecule has 0 bridgehead atoms. The lowest BCUT2D eigenvalue weighted by molar-refractivity contribution is -0.138. The lowest BCUT2D eigenvalue weighted by Crippen LogP contribution is -2.34. The van der Waals surface area contributed by atoms with Crippen molar-refractivity contribution in [1.82, 2.24) is 4.90 Å². The fourth-order valence-corrected chi connectivity index (χ4v) is 2.02. The van der Waals surface area contributed by atoms with Crippen LogP contribution in [0.5, 0.6) is 5.75 Å². The maximum atomic E-state index is 11.6. The third-order valence-electron chi connectivity index (χ3n) is 2.97. The van der Waals surface area contributed by atoms with Crippen LogP contribution in [0.15, 0.2) is 24.3 Å². The summed E-state index contributed by atoms with van der Waals surface area (Å²) in [6.07, 6.45) is -0.593. The van der Waals surface area contributed by atoms with Crippen LogP contribution in [-0.4, -0.2) is 41.8 Å². The van der Waals surface area contributed by atoms with Crippen molar-refractivity contribution in [2.24, 2.45) is 0 Å². The van der Waals surface area contributed by atoms with Crippen molar-refractivity contribution in [3.05, 3.63) is 29.8 Å². The van der Waals surface area contributed by atoms with Gasteiger partial charge in [0, 0.05) is 6.54 Å². The zero-order chi connectivity index (χ0) is 13.8. The first-order chi connectivity index (χ1) is 9.10. The SMILES string of the molecule is COc1cccc(CN2C(=O)OCC2CC(=O)O)c1. The van der Waals surface area contributed by atoms with Gasteiger partial charge in [0.1, 0.15) is 12.4 Å². The monoisotopic (exact) mass is 265 g/mol. The number of cyclic esters (lactones) is 1. The topological polar surface area (TPSA) is 76.1 Å². The third kappa shape index (κ3) is 3.15. The summed E-state index contributed by atoms with van der Waals surface area (Å²) in [5, 5.41) is 8.81. The van der Waals surface area contributed by atoms with Gasteiger partial charge < -0.3 is 14.6 Å². The molecule has 6 nitrogen and oxygen atoms in total. The van der Waals surface area contributed by atoms with Crippen molar-refractivity contribution in [2.75, 3.05) is 13.7 Å². The van der Waals surface area contributed by atoms with Crippen LogP contribution in [0.4, 0.5) is 4.79 Å². The van der Waals surface area contributed by atoms with Gasteiger partial charge in [-0.3, -0.25) is 9.69 Å². The first-order valence-corrected chi connectivity index (χ1v) is 5.88. The second-order valence-corrected chi connectivity index (χ2v) is 4.31. The highest BCUT2D eigenvalue weighted by Crippen LogP contribution is 2.21. The van der Waals surface area contributed by atoms with Crippen LogP contribution in [0.2, 0.25) is 0 Å². The number of amides is 1. The number of methoxy groups -OCH3 is 1. The molecule has 0 aromatic heterocycles. The number of rotatable bonds is 5. The molecule has 0 spiro atoms. The van der Waals surface area contributed by atoms with E-state index in [0.29, 0.717) is 12.3 Å². The van der Waals surface area contributed by atoms with E-state index in [0.717, 1.165) is 5.56 Å². The van der Waals surface area contributed by atoms with Crippen LogP contribution in [-0.2, 0) is 16.1 Å². The Morgan fingerprint density at radius 3 is 3.05 bits per heavy atom. The molecule has 1 aromatic rings. The minimum Gasteiger partial charge on any atom is -0.497 e. The van der Waals surface area contributed by atoms with E-state index in [1.54, 1.807) is 13.2 Å². The predicted molar refractivity (Wildman–Crippen MR) is 65.9 cm³/mol. The van der Waals surface area contributed by atoms with Gasteiger partial charge in [0.2, 0.25) is 0 Å². The van der Waals surface area contributed by atoms with Gasteiger partial charge >= 0.3 is 12.1 Å². The van der Waals surface area contributed by atoms with E-state index in [-0.39, 0.29) is 13.0 Å². The van der Waals surface area contributed by atoms with Gasteiger partial charge in [0.15, 0.2) is 0 Å². The molecule has 1 fully saturated rings. The Hall–Kier alpha value is -2.24. The van der Waals surface area contributed by atoms with E-state index < -0.39 is 18.1 Å². The summed E-state index contributed by atoms with van der Waals surface area (Å²) in [6, 6.07) is 6.87. The summed E-state index contributed by atoms with van der Waals surface area (Å²) in [7, 11) is 1.57. The second kappa shape index (κ2) is 5.60. The van der Waals surface area contributed by atoms with E-state index >= 15 is 0 Å². The Kier molecular flexibility index (Phi) is 3.89. The number of carbonyl (C=O) groups is 2. The molecular weight excluding hydrogens is 250 g/mol. The molecule has 1 heterocycles. The first-order valence-electron chi connectivity index (χ1n) is 5.88. The molecule has 102 valence electrons. The molecule has 1 atom stereocenters. The number of benzene rings is 1. The van der Waals surface area contributed by atoms with Crippen LogP contribution in [0.25, 0.3) is 0 Å². The number of ether oxygens (including phenoxy) is 2. The van der Waals surface area contributed by atoms with Gasteiger partial charge in [-0.15, -0.1) is 0 Å². The van der Waals surface area contributed by atoms with Crippen LogP contribution >= 0.6 is 0 Å². The van der Waals surface area contributed by atoms with E-state index in [2.05, 4.69) is 0 Å². The van der Waals surface area contributed by atoms with Gasteiger partial charge in [-0.25, -0.2) is 4.79 Å². The van der Waals surface area contributed by atoms with E-state index in [4.69, 9.17) is 14.6 Å². The zero-order valence-corrected chi connectivity index (χ0v) is 10.5. The highest BCUT2D eigenvalue weighted by atomic mass is 16.6. The fraction of sp³-hybridized carbons (Fsp3) is 0.385. The average molecular weight is 265 g/mol. The van der Waals surface area contributed by atoms with Crippen LogP contribution in [0.3, 0.4) is 0 Å². The Labute approximate surface area is 110 Å². The molecule has 1 amide bonds. The highest BCUT2D eigenvalue weighted by Gasteiger charge is 2.34. The highest BCUT2D eigenvalue weighted by molar-refractivity contribution is 5.73. The number of aliphatic carboxylic acids is 1. The molecule has 1 aromatic carbocycles. The van der Waals surface area contributed by atoms with Crippen molar-refractivity contribution >= 4 is 12.1 Å². The van der Waals surface area contributed by atoms with E-state index in [1.807, 2.05) is 18.2 Å². The molecule has 0 aliphatic carbocycles. The van der Waals surface area contributed by atoms with Crippen LogP contribution in [0, 0.1) is 0 Å². The summed E-state index contributed by atoms with van der Waals surface area (Å²) < 4.78 is 10.0. The Morgan fingerprint density at radius 1 is 1.58 bits per heavy atom. The molecule has 1 aliphatic rings. The Bertz CT molecular complexity index is 488. The third-order valence-corrected chi connectivity index (χ3v) is 2.97. The van der Waals surface area contributed by atoms with Gasteiger partial charge in [-0.05, 0) is 17.7 Å². The number of nitrogens with zero attached hydrogens (tertiary/aromatic N) is 1. The van der Waals surface area contributed by atoms with Crippen molar-refractivity contribution in [2.45, 2.75) is 19.0 Å². The Morgan fingerprint density at radius 2 is 2.37 bits per heavy atom. The van der Waals surface area contributed by atoms with Crippen LogP contribution < -0.4 is 4.74 Å². The number of hydrogen-bond donors (Lipinski definition) is 1. The maximum Gasteiger partial charge on any atom is 0.410 e. The van der Waals surface area contributed by atoms with Gasteiger partial charge in [-0.2, -0.15) is 0 Å². The summed E-state index contributed by atoms with van der Waals surface area (Å²) in [4.78, 5) is 23.8. The molecule has 6 heteroatoms. The van der Waals surface area contributed by atoms with E-state index in [1.165, 1.54) is 4.90 Å². The molecule has 0 radical (unpaired) electrons. The lowest BCUT2D eigenvalue weighted by Gasteiger charge is -2.20. The number of carboxylic acids is 1. The molecule has 1 aliphatic heterocycles. The minimum atomic E-state index is -0.945. The molecule has 0 saturated carbocycles. The fourth-order valence-electron chi connectivity index (χ4n) is 2.02. The molecule has 19 heavy (non-hydrogen) atoms. The van der Waals surface area contributed by atoms with Crippen LogP contribution in [0.1, 0.15) is 12.0 Å². The van der Waals surface area contributed by atoms with Crippen molar-refractivity contribution in [3.63, 3.8) is 0 Å². The maximum absolute atomic E-state index is 11.6. The smallest absolute Gasteiger partial charge is 0.410 e. The van der Waals surface area contributed by atoms with E-state index in [9.17, 15) is 9.59 Å². The minimum absolute atomic E-state index is 0.115. The summed E-state index contributed by atoms with van der Waals surface area (Å²) in [6.45, 7) is 0.434. The molecule has 2 rings (SSSR count). The predicted octanol–water partition coefficient (Wildman–Crippen LogP) is 1.49. The van der Waals surface area contributed by atoms with Gasteiger partial charge in [0.05, 0.1) is 19.6 Å². The van der Waals surface area contributed by atoms with Gasteiger partial charge in [-0.1, -0.05) is 12.1 Å². The molecular formula is C13H15NO5. The molecule has 1 N–H and O–H groups in total. The first kappa shape index (κ1) is 13.2. The summed E-state index contributed by atoms with van der Waals surface area (Å²) in [5.41, 5.74) is 0.869. The standard InChI is InChI=1S/C13H15NO5/c1-18-11-4-2-3-9(5-11)7-14-10(6-12(15)16)8-19-13(14)17/h2-5,10H,6-8H2,1H3,(H,15,16). The van der Waals surface area contributed by atoms with Crippen molar-refractivity contribution in [3.8, 4) is 5.75 Å². The molecule has 1 saturated heterocycles. The van der Waals surface area contributed by atoms with Gasteiger partial charge in [0.25, 0.3) is 0 Å². The molecule has 1 unspecified atom stereocenters. The van der Waals surface area contributed by atoms with Crippen molar-refractivity contribution < 1.29 is 24.2 Å². The Balaban J connectivity index is 2.10. The summed E-state index contributed by atoms with van der Waals surface area (Å²) in [5.74, 6) is -0.251. The summed E-state index contributed by atoms with van der Waals surface area (Å²) >= 11 is 0. The lowest BCUT2D eigenvalue weighted by atomic mass is 10.1. The largest absolute Gasteiger partial charge is 0.497 e. The van der Waals surface area contributed by atoms with Crippen molar-refractivity contribution in [1.29, 1.82) is 0 Å². The normalized spacial score (nSPS) is 18.3. The quantitative estimate of drug-likeness (QED) is 0.872.